The van der Waals surface area contributed by atoms with Crippen LogP contribution in [0.5, 0.6) is 0 Å². The summed E-state index contributed by atoms with van der Waals surface area (Å²) in [6.45, 7) is 9.47. The molecule has 1 unspecified atom stereocenters. The van der Waals surface area contributed by atoms with E-state index in [-0.39, 0.29) is 30.2 Å². The Balaban J connectivity index is 1.53. The van der Waals surface area contributed by atoms with Crippen molar-refractivity contribution in [1.82, 2.24) is 20.5 Å². The quantitative estimate of drug-likeness (QED) is 0.124. The number of carbonyl (C=O) groups excluding carboxylic acids is 2. The highest BCUT2D eigenvalue weighted by Crippen LogP contribution is 2.28. The molecule has 2 aromatic rings. The Morgan fingerprint density at radius 2 is 1.75 bits per heavy atom. The summed E-state index contributed by atoms with van der Waals surface area (Å²) in [5, 5.41) is 16.9. The number of unbranched alkanes of at least 4 members (excludes halogenated alkanes) is 6. The number of carbonyl (C=O) groups is 2. The number of aliphatic hydroxyl groups is 1. The number of amides is 2. The van der Waals surface area contributed by atoms with Gasteiger partial charge in [-0.25, -0.2) is 4.98 Å². The zero-order chi connectivity index (χ0) is 29.1. The average Bonchev–Trinajstić information content (AvgIpc) is 3.53. The van der Waals surface area contributed by atoms with Gasteiger partial charge >= 0.3 is 0 Å². The minimum Gasteiger partial charge on any atom is -0.391 e. The van der Waals surface area contributed by atoms with Gasteiger partial charge < -0.3 is 20.6 Å². The van der Waals surface area contributed by atoms with Crippen LogP contribution >= 0.6 is 33.9 Å². The lowest BCUT2D eigenvalue weighted by Gasteiger charge is -2.35. The van der Waals surface area contributed by atoms with Gasteiger partial charge in [-0.05, 0) is 47.3 Å². The lowest BCUT2D eigenvalue weighted by molar-refractivity contribution is -0.142. The van der Waals surface area contributed by atoms with Gasteiger partial charge in [-0.2, -0.15) is 0 Å². The number of hydrogen-bond acceptors (Lipinski definition) is 6. The van der Waals surface area contributed by atoms with Crippen molar-refractivity contribution < 1.29 is 14.7 Å². The monoisotopic (exact) mass is 682 g/mol. The van der Waals surface area contributed by atoms with E-state index in [1.165, 1.54) is 36.5 Å². The molecule has 7 nitrogen and oxygen atoms in total. The minimum atomic E-state index is -0.700. The van der Waals surface area contributed by atoms with E-state index in [1.54, 1.807) is 16.2 Å². The number of benzene rings is 1. The molecular weight excluding hydrogens is 635 g/mol. The van der Waals surface area contributed by atoms with Crippen LogP contribution in [0.4, 0.5) is 0 Å². The molecule has 1 aromatic carbocycles. The maximum absolute atomic E-state index is 13.7. The van der Waals surface area contributed by atoms with Crippen LogP contribution in [-0.2, 0) is 16.1 Å². The molecule has 1 aliphatic heterocycles. The molecule has 0 bridgehead atoms. The third-order valence-electron chi connectivity index (χ3n) is 7.56. The number of nitrogens with one attached hydrogen (secondary N) is 2. The van der Waals surface area contributed by atoms with E-state index in [0.29, 0.717) is 6.54 Å². The van der Waals surface area contributed by atoms with E-state index in [0.717, 1.165) is 41.1 Å². The lowest BCUT2D eigenvalue weighted by atomic mass is 9.85. The summed E-state index contributed by atoms with van der Waals surface area (Å²) in [5.74, 6) is -0.324. The van der Waals surface area contributed by atoms with Crippen LogP contribution in [0.25, 0.3) is 10.4 Å². The van der Waals surface area contributed by atoms with E-state index in [2.05, 4.69) is 59.0 Å². The summed E-state index contributed by atoms with van der Waals surface area (Å²) >= 11 is 4.05. The Kier molecular flexibility index (Phi) is 13.3. The van der Waals surface area contributed by atoms with E-state index in [9.17, 15) is 14.7 Å². The Bertz CT molecular complexity index is 1070. The first-order valence-electron chi connectivity index (χ1n) is 14.7. The highest BCUT2D eigenvalue weighted by molar-refractivity contribution is 14.1. The van der Waals surface area contributed by atoms with Crippen molar-refractivity contribution in [3.8, 4) is 10.4 Å². The van der Waals surface area contributed by atoms with Gasteiger partial charge in [0.2, 0.25) is 11.8 Å². The molecule has 1 aromatic heterocycles. The predicted octanol–water partition coefficient (Wildman–Crippen LogP) is 5.87. The lowest BCUT2D eigenvalue weighted by Crippen LogP contribution is -2.56. The number of rotatable bonds is 15. The zero-order valence-electron chi connectivity index (χ0n) is 24.5. The van der Waals surface area contributed by atoms with Crippen LogP contribution in [-0.4, -0.2) is 62.5 Å². The summed E-state index contributed by atoms with van der Waals surface area (Å²) in [7, 11) is 0. The fourth-order valence-corrected chi connectivity index (χ4v) is 6.60. The molecule has 2 amide bonds. The fraction of sp³-hybridized carbons (Fsp3) is 0.645. The molecule has 0 spiro atoms. The number of likely N-dealkylation sites (tertiary alicyclic amines) is 1. The first-order chi connectivity index (χ1) is 19.1. The van der Waals surface area contributed by atoms with Crippen LogP contribution in [0.2, 0.25) is 0 Å². The van der Waals surface area contributed by atoms with E-state index < -0.39 is 18.2 Å². The number of thiazole rings is 1. The minimum absolute atomic E-state index is 0.104. The van der Waals surface area contributed by atoms with Gasteiger partial charge in [-0.15, -0.1) is 11.3 Å². The molecule has 9 heteroatoms. The van der Waals surface area contributed by atoms with Crippen LogP contribution in [0.3, 0.4) is 0 Å². The number of nitrogens with zero attached hydrogens (tertiary/aromatic N) is 2. The Hall–Kier alpha value is -1.56. The first-order valence-corrected chi connectivity index (χ1v) is 17.1. The molecule has 1 aliphatic rings. The molecule has 3 rings (SSSR count). The number of aryl methyl sites for hydroxylation is 1. The van der Waals surface area contributed by atoms with Crippen LogP contribution < -0.4 is 10.6 Å². The molecule has 1 saturated heterocycles. The second kappa shape index (κ2) is 16.2. The molecule has 222 valence electrons. The van der Waals surface area contributed by atoms with Gasteiger partial charge in [0.25, 0.3) is 0 Å². The molecule has 1 fully saturated rings. The predicted molar refractivity (Wildman–Crippen MR) is 173 cm³/mol. The Morgan fingerprint density at radius 3 is 2.35 bits per heavy atom. The summed E-state index contributed by atoms with van der Waals surface area (Å²) in [6.07, 6.45) is 8.17. The van der Waals surface area contributed by atoms with E-state index in [1.807, 2.05) is 36.7 Å². The maximum Gasteiger partial charge on any atom is 0.243 e. The molecular formula is C31H47IN4O3S. The van der Waals surface area contributed by atoms with Gasteiger partial charge in [0.15, 0.2) is 0 Å². The van der Waals surface area contributed by atoms with Crippen molar-refractivity contribution in [2.24, 2.45) is 5.41 Å². The second-order valence-corrected chi connectivity index (χ2v) is 13.9. The number of aromatic nitrogens is 1. The highest BCUT2D eigenvalue weighted by Gasteiger charge is 2.43. The van der Waals surface area contributed by atoms with Gasteiger partial charge in [0.05, 0.1) is 28.2 Å². The van der Waals surface area contributed by atoms with Crippen molar-refractivity contribution in [1.29, 1.82) is 0 Å². The van der Waals surface area contributed by atoms with Crippen LogP contribution in [0.15, 0.2) is 29.8 Å². The standard InChI is InChI=1S/C31H47IN4O3S/c1-22-27(40-21-35-22)24-14-12-23(13-15-24)19-34-29(38)26-18-25(37)20-36(26)30(39)28(31(2,3)4)33-17-11-9-7-5-6-8-10-16-32/h12-15,21,25-26,28,33,37H,5-11,16-20H2,1-4H3,(H,34,38)/t25-,26+,28?/m1/s1. The smallest absolute Gasteiger partial charge is 0.243 e. The molecule has 0 saturated carbocycles. The van der Waals surface area contributed by atoms with Crippen LogP contribution in [0, 0.1) is 12.3 Å². The average molecular weight is 683 g/mol. The maximum atomic E-state index is 13.7. The third kappa shape index (κ3) is 9.77. The number of aliphatic hydroxyl groups excluding tert-OH is 1. The van der Waals surface area contributed by atoms with Gasteiger partial charge in [0, 0.05) is 19.5 Å². The molecule has 3 N–H and O–H groups in total. The van der Waals surface area contributed by atoms with Gasteiger partial charge in [0.1, 0.15) is 6.04 Å². The number of alkyl halides is 1. The fourth-order valence-electron chi connectivity index (χ4n) is 5.25. The van der Waals surface area contributed by atoms with Crippen molar-refractivity contribution in [2.45, 2.75) is 104 Å². The second-order valence-electron chi connectivity index (χ2n) is 12.0. The molecule has 0 radical (unpaired) electrons. The zero-order valence-corrected chi connectivity index (χ0v) is 27.5. The van der Waals surface area contributed by atoms with Gasteiger partial charge in [-0.1, -0.05) is 99.7 Å². The number of β-amino-alcohol motifs (C(OH)–C–C–N with tert-alkyl or cyclic N) is 1. The normalized spacial score (nSPS) is 18.2. The summed E-state index contributed by atoms with van der Waals surface area (Å²) in [6, 6.07) is 7.01. The first kappa shape index (κ1) is 32.9. The largest absolute Gasteiger partial charge is 0.391 e. The Morgan fingerprint density at radius 1 is 1.10 bits per heavy atom. The summed E-state index contributed by atoms with van der Waals surface area (Å²) in [4.78, 5) is 34.0. The summed E-state index contributed by atoms with van der Waals surface area (Å²) in [5.41, 5.74) is 4.63. The van der Waals surface area contributed by atoms with Crippen molar-refractivity contribution in [3.63, 3.8) is 0 Å². The SMILES string of the molecule is Cc1ncsc1-c1ccc(CNC(=O)[C@@H]2C[C@@H](O)CN2C(=O)C(NCCCCCCCCCI)C(C)(C)C)cc1. The third-order valence-corrected chi connectivity index (χ3v) is 9.31. The van der Waals surface area contributed by atoms with Crippen molar-refractivity contribution in [3.05, 3.63) is 41.0 Å². The van der Waals surface area contributed by atoms with Crippen LogP contribution in [0.1, 0.15) is 83.4 Å². The highest BCUT2D eigenvalue weighted by atomic mass is 127. The molecule has 0 aliphatic carbocycles. The van der Waals surface area contributed by atoms with E-state index >= 15 is 0 Å². The number of hydrogen-bond donors (Lipinski definition) is 3. The number of halogens is 1. The van der Waals surface area contributed by atoms with Crippen molar-refractivity contribution >= 4 is 45.7 Å². The molecule has 40 heavy (non-hydrogen) atoms. The molecule has 2 heterocycles. The van der Waals surface area contributed by atoms with E-state index in [4.69, 9.17) is 0 Å². The topological polar surface area (TPSA) is 94.6 Å². The molecule has 3 atom stereocenters. The summed E-state index contributed by atoms with van der Waals surface area (Å²) < 4.78 is 1.24. The Labute approximate surface area is 258 Å². The van der Waals surface area contributed by atoms with Crippen molar-refractivity contribution in [2.75, 3.05) is 17.5 Å². The van der Waals surface area contributed by atoms with Gasteiger partial charge in [-0.3, -0.25) is 9.59 Å².